The largest absolute Gasteiger partial charge is 0.322 e. The van der Waals surface area contributed by atoms with Gasteiger partial charge in [-0.05, 0) is 30.5 Å². The van der Waals surface area contributed by atoms with Gasteiger partial charge in [0, 0.05) is 44.7 Å². The highest BCUT2D eigenvalue weighted by atomic mass is 19.2. The summed E-state index contributed by atoms with van der Waals surface area (Å²) in [6.07, 6.45) is 1.84. The fourth-order valence-electron chi connectivity index (χ4n) is 4.45. The third-order valence-electron chi connectivity index (χ3n) is 6.09. The molecule has 2 aliphatic heterocycles. The Kier molecular flexibility index (Phi) is 4.61. The van der Waals surface area contributed by atoms with Crippen molar-refractivity contribution in [3.8, 4) is 0 Å². The van der Waals surface area contributed by atoms with Crippen LogP contribution in [0.15, 0.2) is 42.5 Å². The second kappa shape index (κ2) is 7.26. The second-order valence-corrected chi connectivity index (χ2v) is 7.92. The Hall–Kier alpha value is -2.31. The zero-order valence-electron chi connectivity index (χ0n) is 15.7. The van der Waals surface area contributed by atoms with Crippen LogP contribution in [0.2, 0.25) is 0 Å². The van der Waals surface area contributed by atoms with Crippen LogP contribution in [0, 0.1) is 11.6 Å². The topological polar surface area (TPSA) is 33.1 Å². The molecule has 2 saturated heterocycles. The van der Waals surface area contributed by atoms with Crippen LogP contribution < -0.4 is 5.32 Å². The monoisotopic (exact) mass is 382 g/mol. The minimum Gasteiger partial charge on any atom is -0.322 e. The normalized spacial score (nSPS) is 19.2. The number of piperidine rings is 1. The van der Waals surface area contributed by atoms with Gasteiger partial charge in [0.15, 0.2) is 11.6 Å². The third-order valence-corrected chi connectivity index (χ3v) is 6.09. The molecule has 0 saturated carbocycles. The van der Waals surface area contributed by atoms with Gasteiger partial charge in [-0.1, -0.05) is 30.3 Å². The van der Waals surface area contributed by atoms with Crippen LogP contribution in [0.4, 0.5) is 8.78 Å². The predicted octanol–water partition coefficient (Wildman–Crippen LogP) is 3.84. The molecule has 0 atom stereocenters. The molecule has 0 radical (unpaired) electrons. The van der Waals surface area contributed by atoms with Gasteiger partial charge in [-0.2, -0.15) is 0 Å². The Morgan fingerprint density at radius 2 is 1.75 bits per heavy atom. The average Bonchev–Trinajstić information content (AvgIpc) is 3.04. The SMILES string of the molecule is Fc1ccc2nc(C3CNC3)n(C3CCN(Cc4ccccc4)CC3)c2c1F. The lowest BCUT2D eigenvalue weighted by molar-refractivity contribution is 0.177. The van der Waals surface area contributed by atoms with Crippen molar-refractivity contribution < 1.29 is 8.78 Å². The fourth-order valence-corrected chi connectivity index (χ4v) is 4.45. The smallest absolute Gasteiger partial charge is 0.184 e. The number of imidazole rings is 1. The van der Waals surface area contributed by atoms with Gasteiger partial charge in [0.2, 0.25) is 0 Å². The Morgan fingerprint density at radius 1 is 1.00 bits per heavy atom. The maximum Gasteiger partial charge on any atom is 0.184 e. The number of fused-ring (bicyclic) bond motifs is 1. The van der Waals surface area contributed by atoms with Gasteiger partial charge in [0.05, 0.1) is 5.52 Å². The lowest BCUT2D eigenvalue weighted by Crippen LogP contribution is -2.42. The van der Waals surface area contributed by atoms with E-state index in [4.69, 9.17) is 4.98 Å². The molecule has 28 heavy (non-hydrogen) atoms. The van der Waals surface area contributed by atoms with Gasteiger partial charge < -0.3 is 9.88 Å². The minimum atomic E-state index is -0.798. The first-order chi connectivity index (χ1) is 13.7. The van der Waals surface area contributed by atoms with Crippen LogP contribution in [0.5, 0.6) is 0 Å². The van der Waals surface area contributed by atoms with Gasteiger partial charge in [0.25, 0.3) is 0 Å². The summed E-state index contributed by atoms with van der Waals surface area (Å²) < 4.78 is 30.7. The van der Waals surface area contributed by atoms with E-state index in [-0.39, 0.29) is 12.0 Å². The molecular weight excluding hydrogens is 358 g/mol. The molecule has 2 aliphatic rings. The van der Waals surface area contributed by atoms with Crippen molar-refractivity contribution in [2.75, 3.05) is 26.2 Å². The number of hydrogen-bond acceptors (Lipinski definition) is 3. The molecule has 1 aromatic heterocycles. The number of halogens is 2. The van der Waals surface area contributed by atoms with Crippen LogP contribution in [-0.2, 0) is 6.54 Å². The first kappa shape index (κ1) is 17.8. The summed E-state index contributed by atoms with van der Waals surface area (Å²) in [5.74, 6) is -0.388. The predicted molar refractivity (Wildman–Crippen MR) is 105 cm³/mol. The molecular formula is C22H24F2N4. The lowest BCUT2D eigenvalue weighted by Gasteiger charge is -2.35. The van der Waals surface area contributed by atoms with Crippen LogP contribution in [0.3, 0.4) is 0 Å². The molecule has 1 N–H and O–H groups in total. The number of hydrogen-bond donors (Lipinski definition) is 1. The highest BCUT2D eigenvalue weighted by molar-refractivity contribution is 5.77. The van der Waals surface area contributed by atoms with Gasteiger partial charge in [-0.25, -0.2) is 13.8 Å². The van der Waals surface area contributed by atoms with Crippen LogP contribution in [0.1, 0.15) is 36.2 Å². The molecule has 2 fully saturated rings. The molecule has 0 bridgehead atoms. The standard InChI is InChI=1S/C22H24F2N4/c23-18-6-7-19-21(20(18)24)28(22(26-19)16-12-25-13-16)17-8-10-27(11-9-17)14-15-4-2-1-3-5-15/h1-7,16-17,25H,8-14H2. The van der Waals surface area contributed by atoms with E-state index < -0.39 is 11.6 Å². The molecule has 0 spiro atoms. The van der Waals surface area contributed by atoms with E-state index in [1.165, 1.54) is 11.6 Å². The Bertz CT molecular complexity index is 973. The molecule has 4 nitrogen and oxygen atoms in total. The summed E-state index contributed by atoms with van der Waals surface area (Å²) >= 11 is 0. The molecule has 2 aromatic carbocycles. The van der Waals surface area contributed by atoms with Crippen LogP contribution >= 0.6 is 0 Å². The van der Waals surface area contributed by atoms with Crippen molar-refractivity contribution in [3.05, 3.63) is 65.5 Å². The summed E-state index contributed by atoms with van der Waals surface area (Å²) in [7, 11) is 0. The van der Waals surface area contributed by atoms with E-state index >= 15 is 0 Å². The van der Waals surface area contributed by atoms with E-state index in [0.717, 1.165) is 51.4 Å². The molecule has 3 aromatic rings. The summed E-state index contributed by atoms with van der Waals surface area (Å²) in [4.78, 5) is 7.14. The highest BCUT2D eigenvalue weighted by Crippen LogP contribution is 2.34. The number of rotatable bonds is 4. The second-order valence-electron chi connectivity index (χ2n) is 7.92. The van der Waals surface area contributed by atoms with Crippen molar-refractivity contribution in [1.82, 2.24) is 19.8 Å². The zero-order chi connectivity index (χ0) is 19.1. The quantitative estimate of drug-likeness (QED) is 0.744. The Morgan fingerprint density at radius 3 is 2.43 bits per heavy atom. The third kappa shape index (κ3) is 3.10. The fraction of sp³-hybridized carbons (Fsp3) is 0.409. The molecule has 3 heterocycles. The van der Waals surface area contributed by atoms with E-state index in [0.29, 0.717) is 11.0 Å². The van der Waals surface area contributed by atoms with E-state index in [9.17, 15) is 8.78 Å². The first-order valence-electron chi connectivity index (χ1n) is 10.0. The van der Waals surface area contributed by atoms with Crippen LogP contribution in [-0.4, -0.2) is 40.6 Å². The van der Waals surface area contributed by atoms with E-state index in [1.807, 2.05) is 10.6 Å². The van der Waals surface area contributed by atoms with Gasteiger partial charge in [0.1, 0.15) is 11.3 Å². The Labute approximate surface area is 163 Å². The molecule has 0 amide bonds. The number of nitrogens with one attached hydrogen (secondary N) is 1. The van der Waals surface area contributed by atoms with Gasteiger partial charge in [-0.3, -0.25) is 4.90 Å². The van der Waals surface area contributed by atoms with E-state index in [2.05, 4.69) is 34.5 Å². The van der Waals surface area contributed by atoms with E-state index in [1.54, 1.807) is 6.07 Å². The molecule has 5 rings (SSSR count). The van der Waals surface area contributed by atoms with Gasteiger partial charge >= 0.3 is 0 Å². The average molecular weight is 382 g/mol. The maximum absolute atomic E-state index is 14.7. The van der Waals surface area contributed by atoms with Crippen molar-refractivity contribution in [1.29, 1.82) is 0 Å². The van der Waals surface area contributed by atoms with Gasteiger partial charge in [-0.15, -0.1) is 0 Å². The summed E-state index contributed by atoms with van der Waals surface area (Å²) in [5, 5.41) is 3.27. The number of aromatic nitrogens is 2. The van der Waals surface area contributed by atoms with Crippen molar-refractivity contribution in [2.45, 2.75) is 31.3 Å². The van der Waals surface area contributed by atoms with Crippen molar-refractivity contribution in [3.63, 3.8) is 0 Å². The highest BCUT2D eigenvalue weighted by Gasteiger charge is 2.32. The molecule has 0 unspecified atom stereocenters. The lowest BCUT2D eigenvalue weighted by atomic mass is 9.99. The summed E-state index contributed by atoms with van der Waals surface area (Å²) in [5.41, 5.74) is 2.21. The van der Waals surface area contributed by atoms with Crippen LogP contribution in [0.25, 0.3) is 11.0 Å². The molecule has 6 heteroatoms. The summed E-state index contributed by atoms with van der Waals surface area (Å²) in [6, 6.07) is 13.4. The zero-order valence-corrected chi connectivity index (χ0v) is 15.7. The Balaban J connectivity index is 1.42. The van der Waals surface area contributed by atoms with Crippen molar-refractivity contribution >= 4 is 11.0 Å². The molecule has 0 aliphatic carbocycles. The minimum absolute atomic E-state index is 0.156. The summed E-state index contributed by atoms with van der Waals surface area (Å²) in [6.45, 7) is 4.51. The van der Waals surface area contributed by atoms with Crippen molar-refractivity contribution in [2.24, 2.45) is 0 Å². The molecule has 146 valence electrons. The number of benzene rings is 2. The maximum atomic E-state index is 14.7. The number of nitrogens with zero attached hydrogens (tertiary/aromatic N) is 3. The first-order valence-corrected chi connectivity index (χ1v) is 10.0. The number of likely N-dealkylation sites (tertiary alicyclic amines) is 1.